The van der Waals surface area contributed by atoms with E-state index < -0.39 is 0 Å². The molecule has 0 bridgehead atoms. The van der Waals surface area contributed by atoms with Gasteiger partial charge in [-0.05, 0) is 19.4 Å². The van der Waals surface area contributed by atoms with E-state index in [1.807, 2.05) is 19.9 Å². The van der Waals surface area contributed by atoms with Gasteiger partial charge in [0.1, 0.15) is 6.07 Å². The molecule has 0 atom stereocenters. The zero-order chi connectivity index (χ0) is 10.3. The fourth-order valence-electron chi connectivity index (χ4n) is 1.25. The zero-order valence-corrected chi connectivity index (χ0v) is 7.81. The van der Waals surface area contributed by atoms with Crippen molar-refractivity contribution < 1.29 is 0 Å². The van der Waals surface area contributed by atoms with Crippen LogP contribution in [0.1, 0.15) is 16.8 Å². The minimum atomic E-state index is 0.194. The van der Waals surface area contributed by atoms with Gasteiger partial charge in [-0.1, -0.05) is 0 Å². The molecule has 0 saturated heterocycles. The number of nitrogens with two attached hydrogens (primary N) is 1. The summed E-state index contributed by atoms with van der Waals surface area (Å²) in [5.41, 5.74) is 8.17. The summed E-state index contributed by atoms with van der Waals surface area (Å²) in [6.07, 6.45) is 0. The van der Waals surface area contributed by atoms with Gasteiger partial charge >= 0.3 is 0 Å². The molecule has 0 fully saturated rings. The Kier molecular flexibility index (Phi) is 1.61. The number of hydrogen-bond donors (Lipinski definition) is 1. The lowest BCUT2D eigenvalue weighted by molar-refractivity contribution is 0.906. The Morgan fingerprint density at radius 1 is 1.29 bits per heavy atom. The van der Waals surface area contributed by atoms with E-state index in [0.717, 1.165) is 11.1 Å². The molecule has 0 aliphatic heterocycles. The minimum Gasteiger partial charge on any atom is -0.366 e. The summed E-state index contributed by atoms with van der Waals surface area (Å²) in [6.45, 7) is 3.69. The van der Waals surface area contributed by atoms with Crippen molar-refractivity contribution in [2.45, 2.75) is 13.8 Å². The van der Waals surface area contributed by atoms with Crippen molar-refractivity contribution in [2.24, 2.45) is 0 Å². The third-order valence-corrected chi connectivity index (χ3v) is 2.22. The molecular formula is C8H8N6. The number of aromatic nitrogens is 4. The predicted octanol–water partition coefficient (Wildman–Crippen LogP) is 0.195. The van der Waals surface area contributed by atoms with Crippen molar-refractivity contribution in [3.63, 3.8) is 0 Å². The molecule has 0 radical (unpaired) electrons. The minimum absolute atomic E-state index is 0.194. The number of nitrogen functional groups attached to an aromatic ring is 1. The van der Waals surface area contributed by atoms with E-state index >= 15 is 0 Å². The van der Waals surface area contributed by atoms with Gasteiger partial charge < -0.3 is 5.73 Å². The summed E-state index contributed by atoms with van der Waals surface area (Å²) in [6, 6.07) is 2.00. The van der Waals surface area contributed by atoms with E-state index in [9.17, 15) is 0 Å². The molecule has 0 amide bonds. The van der Waals surface area contributed by atoms with Gasteiger partial charge in [-0.3, -0.25) is 0 Å². The van der Waals surface area contributed by atoms with Crippen molar-refractivity contribution >= 4 is 11.6 Å². The van der Waals surface area contributed by atoms with Gasteiger partial charge in [-0.2, -0.15) is 14.9 Å². The topological polar surface area (TPSA) is 92.9 Å². The molecule has 0 saturated carbocycles. The van der Waals surface area contributed by atoms with Crippen LogP contribution in [-0.2, 0) is 0 Å². The Balaban J connectivity index is 2.96. The van der Waals surface area contributed by atoms with E-state index in [0.29, 0.717) is 11.3 Å². The molecule has 0 aliphatic rings. The number of anilines is 1. The lowest BCUT2D eigenvalue weighted by Gasteiger charge is -2.02. The van der Waals surface area contributed by atoms with E-state index in [-0.39, 0.29) is 5.95 Å². The van der Waals surface area contributed by atoms with Crippen LogP contribution in [0.5, 0.6) is 0 Å². The van der Waals surface area contributed by atoms with Gasteiger partial charge in [-0.25, -0.2) is 0 Å². The van der Waals surface area contributed by atoms with Crippen molar-refractivity contribution in [3.8, 4) is 6.07 Å². The number of rotatable bonds is 0. The van der Waals surface area contributed by atoms with Crippen LogP contribution < -0.4 is 5.73 Å². The summed E-state index contributed by atoms with van der Waals surface area (Å²) in [4.78, 5) is 0. The number of hydrogen-bond acceptors (Lipinski definition) is 5. The number of fused-ring (bicyclic) bond motifs is 1. The largest absolute Gasteiger partial charge is 0.366 e. The fourth-order valence-corrected chi connectivity index (χ4v) is 1.25. The average molecular weight is 188 g/mol. The predicted molar refractivity (Wildman–Crippen MR) is 49.4 cm³/mol. The Morgan fingerprint density at radius 3 is 2.64 bits per heavy atom. The average Bonchev–Trinajstić information content (AvgIpc) is 2.54. The van der Waals surface area contributed by atoms with Crippen molar-refractivity contribution in [2.75, 3.05) is 5.73 Å². The van der Waals surface area contributed by atoms with Crippen molar-refractivity contribution in [3.05, 3.63) is 16.8 Å². The van der Waals surface area contributed by atoms with Gasteiger partial charge in [0.15, 0.2) is 11.3 Å². The van der Waals surface area contributed by atoms with Gasteiger partial charge in [0.2, 0.25) is 5.95 Å². The third kappa shape index (κ3) is 0.925. The number of nitrogens with zero attached hydrogens (tertiary/aromatic N) is 5. The standard InChI is InChI=1S/C8H8N6/c1-4-5(2)7-11-12-8(10)14(7)13-6(4)3-9/h1-2H3,(H2,10,12). The highest BCUT2D eigenvalue weighted by Crippen LogP contribution is 2.15. The first-order chi connectivity index (χ1) is 6.65. The number of nitriles is 1. The summed E-state index contributed by atoms with van der Waals surface area (Å²) in [5.74, 6) is 0.194. The lowest BCUT2D eigenvalue weighted by Crippen LogP contribution is -2.04. The summed E-state index contributed by atoms with van der Waals surface area (Å²) >= 11 is 0. The lowest BCUT2D eigenvalue weighted by atomic mass is 10.1. The maximum absolute atomic E-state index is 8.82. The van der Waals surface area contributed by atoms with Crippen LogP contribution in [0.3, 0.4) is 0 Å². The van der Waals surface area contributed by atoms with Gasteiger partial charge in [0.05, 0.1) is 0 Å². The second-order valence-corrected chi connectivity index (χ2v) is 3.00. The summed E-state index contributed by atoms with van der Waals surface area (Å²) in [7, 11) is 0. The first kappa shape index (κ1) is 8.44. The van der Waals surface area contributed by atoms with Crippen LogP contribution >= 0.6 is 0 Å². The molecule has 6 heteroatoms. The smallest absolute Gasteiger partial charge is 0.243 e. The van der Waals surface area contributed by atoms with Gasteiger partial charge in [0, 0.05) is 5.56 Å². The molecule has 14 heavy (non-hydrogen) atoms. The Bertz CT molecular complexity index is 547. The molecule has 2 aromatic rings. The molecule has 70 valence electrons. The van der Waals surface area contributed by atoms with E-state index in [2.05, 4.69) is 15.3 Å². The highest BCUT2D eigenvalue weighted by molar-refractivity contribution is 5.54. The van der Waals surface area contributed by atoms with Crippen molar-refractivity contribution in [1.82, 2.24) is 19.8 Å². The van der Waals surface area contributed by atoms with E-state index in [1.165, 1.54) is 4.52 Å². The third-order valence-electron chi connectivity index (χ3n) is 2.22. The highest BCUT2D eigenvalue weighted by Gasteiger charge is 2.11. The summed E-state index contributed by atoms with van der Waals surface area (Å²) < 4.78 is 1.38. The molecule has 6 nitrogen and oxygen atoms in total. The van der Waals surface area contributed by atoms with Gasteiger partial charge in [0.25, 0.3) is 0 Å². The van der Waals surface area contributed by atoms with Crippen molar-refractivity contribution in [1.29, 1.82) is 5.26 Å². The molecule has 2 rings (SSSR count). The monoisotopic (exact) mass is 188 g/mol. The fraction of sp³-hybridized carbons (Fsp3) is 0.250. The second kappa shape index (κ2) is 2.67. The molecule has 0 spiro atoms. The Morgan fingerprint density at radius 2 is 2.00 bits per heavy atom. The van der Waals surface area contributed by atoms with Crippen LogP contribution in [0.25, 0.3) is 5.65 Å². The first-order valence-electron chi connectivity index (χ1n) is 4.03. The molecule has 2 heterocycles. The molecule has 2 aromatic heterocycles. The van der Waals surface area contributed by atoms with Crippen LogP contribution in [0, 0.1) is 25.2 Å². The Hall–Kier alpha value is -2.16. The molecular weight excluding hydrogens is 180 g/mol. The van der Waals surface area contributed by atoms with E-state index in [1.54, 1.807) is 0 Å². The van der Waals surface area contributed by atoms with Crippen LogP contribution in [0.15, 0.2) is 0 Å². The molecule has 0 aliphatic carbocycles. The quantitative estimate of drug-likeness (QED) is 0.637. The SMILES string of the molecule is Cc1c(C#N)nn2c(N)nnc2c1C. The summed E-state index contributed by atoms with van der Waals surface area (Å²) in [5, 5.41) is 20.4. The molecule has 0 aromatic carbocycles. The van der Waals surface area contributed by atoms with Gasteiger partial charge in [-0.15, -0.1) is 10.2 Å². The normalized spacial score (nSPS) is 10.4. The van der Waals surface area contributed by atoms with E-state index in [4.69, 9.17) is 11.0 Å². The van der Waals surface area contributed by atoms with Crippen LogP contribution in [-0.4, -0.2) is 19.8 Å². The highest BCUT2D eigenvalue weighted by atomic mass is 15.4. The second-order valence-electron chi connectivity index (χ2n) is 3.00. The Labute approximate surface area is 80.0 Å². The van der Waals surface area contributed by atoms with Crippen LogP contribution in [0.4, 0.5) is 5.95 Å². The van der Waals surface area contributed by atoms with Crippen LogP contribution in [0.2, 0.25) is 0 Å². The molecule has 2 N–H and O–H groups in total. The molecule has 0 unspecified atom stereocenters. The maximum atomic E-state index is 8.82. The maximum Gasteiger partial charge on any atom is 0.243 e. The number of aryl methyl sites for hydroxylation is 1. The first-order valence-corrected chi connectivity index (χ1v) is 4.03. The zero-order valence-electron chi connectivity index (χ0n) is 7.81.